The minimum Gasteiger partial charge on any atom is -0.506 e. The molecule has 0 heterocycles. The molecule has 0 aliphatic heterocycles. The van der Waals surface area contributed by atoms with Crippen molar-refractivity contribution in [2.75, 3.05) is 0 Å². The largest absolute Gasteiger partial charge is 0.506 e. The lowest BCUT2D eigenvalue weighted by molar-refractivity contribution is -0.139. The zero-order chi connectivity index (χ0) is 12.0. The van der Waals surface area contributed by atoms with E-state index in [1.165, 1.54) is 0 Å². The van der Waals surface area contributed by atoms with Gasteiger partial charge in [0.2, 0.25) is 0 Å². The molecule has 0 fully saturated rings. The molecule has 0 atom stereocenters. The summed E-state index contributed by atoms with van der Waals surface area (Å²) in [7, 11) is 0. The molecule has 1 rings (SSSR count). The Morgan fingerprint density at radius 1 is 0.800 bits per heavy atom. The lowest BCUT2D eigenvalue weighted by atomic mass is 10.2. The maximum atomic E-state index is 12.6. The third kappa shape index (κ3) is 2.53. The van der Waals surface area contributed by atoms with Crippen molar-refractivity contribution in [2.45, 2.75) is 6.18 Å². The summed E-state index contributed by atoms with van der Waals surface area (Å²) >= 11 is 11.6. The molecule has 0 spiro atoms. The van der Waals surface area contributed by atoms with Crippen LogP contribution >= 0.6 is 63.7 Å². The van der Waals surface area contributed by atoms with Crippen molar-refractivity contribution in [3.05, 3.63) is 23.5 Å². The van der Waals surface area contributed by atoms with Gasteiger partial charge in [0, 0.05) is 8.95 Å². The first kappa shape index (κ1) is 13.8. The number of alkyl halides is 3. The smallest absolute Gasteiger partial charge is 0.421 e. The molecule has 0 radical (unpaired) electrons. The van der Waals surface area contributed by atoms with Crippen LogP contribution in [-0.2, 0) is 6.18 Å². The number of halogens is 7. The Morgan fingerprint density at radius 2 is 1.20 bits per heavy atom. The molecule has 0 aliphatic rings. The summed E-state index contributed by atoms with van der Waals surface area (Å²) in [5.74, 6) is -0.857. The average molecular weight is 478 g/mol. The zero-order valence-corrected chi connectivity index (χ0v) is 12.9. The van der Waals surface area contributed by atoms with Crippen molar-refractivity contribution in [3.63, 3.8) is 0 Å². The van der Waals surface area contributed by atoms with Gasteiger partial charge in [0.1, 0.15) is 11.3 Å². The van der Waals surface area contributed by atoms with Gasteiger partial charge < -0.3 is 5.11 Å². The van der Waals surface area contributed by atoms with Crippen LogP contribution in [0.15, 0.2) is 17.9 Å². The van der Waals surface area contributed by atoms with Crippen molar-refractivity contribution in [3.8, 4) is 5.75 Å². The molecule has 0 unspecified atom stereocenters. The fraction of sp³-hybridized carbons (Fsp3) is 0.143. The van der Waals surface area contributed by atoms with Crippen LogP contribution < -0.4 is 0 Å². The summed E-state index contributed by atoms with van der Waals surface area (Å²) in [4.78, 5) is 0. The van der Waals surface area contributed by atoms with Gasteiger partial charge in [-0.1, -0.05) is 0 Å². The maximum absolute atomic E-state index is 12.6. The van der Waals surface area contributed by atoms with E-state index < -0.39 is 17.5 Å². The molecular formula is C7HBr4F3O. The monoisotopic (exact) mass is 474 g/mol. The zero-order valence-electron chi connectivity index (χ0n) is 6.59. The van der Waals surface area contributed by atoms with E-state index in [-0.39, 0.29) is 13.4 Å². The van der Waals surface area contributed by atoms with Crippen LogP contribution in [0.3, 0.4) is 0 Å². The normalized spacial score (nSPS) is 11.9. The molecule has 0 saturated heterocycles. The molecule has 1 aromatic rings. The quantitative estimate of drug-likeness (QED) is 0.389. The molecule has 0 aromatic heterocycles. The van der Waals surface area contributed by atoms with E-state index >= 15 is 0 Å². The highest BCUT2D eigenvalue weighted by Gasteiger charge is 2.39. The number of hydrogen-bond donors (Lipinski definition) is 1. The first-order valence-electron chi connectivity index (χ1n) is 3.30. The standard InChI is InChI=1S/C7HBr4F3O/c8-2-1(7(12,13)14)6(15)5(11)4(10)3(2)9/h15H. The summed E-state index contributed by atoms with van der Waals surface area (Å²) < 4.78 is 37.8. The van der Waals surface area contributed by atoms with Crippen molar-refractivity contribution < 1.29 is 18.3 Å². The van der Waals surface area contributed by atoms with Gasteiger partial charge in [0.15, 0.2) is 0 Å². The molecule has 0 bridgehead atoms. The number of benzene rings is 1. The van der Waals surface area contributed by atoms with E-state index in [2.05, 4.69) is 63.7 Å². The minimum atomic E-state index is -4.63. The Bertz CT molecular complexity index is 387. The molecule has 1 aromatic carbocycles. The first-order chi connectivity index (χ1) is 6.68. The van der Waals surface area contributed by atoms with Crippen LogP contribution in [0.1, 0.15) is 5.56 Å². The van der Waals surface area contributed by atoms with E-state index in [1.807, 2.05) is 0 Å². The summed E-state index contributed by atoms with van der Waals surface area (Å²) in [5.41, 5.74) is -1.12. The predicted molar refractivity (Wildman–Crippen MR) is 63.9 cm³/mol. The molecule has 1 N–H and O–H groups in total. The van der Waals surface area contributed by atoms with Crippen molar-refractivity contribution in [1.82, 2.24) is 0 Å². The second-order valence-electron chi connectivity index (χ2n) is 2.48. The number of phenolic OH excluding ortho intramolecular Hbond substituents is 1. The molecule has 0 amide bonds. The van der Waals surface area contributed by atoms with Gasteiger partial charge in [-0.2, -0.15) is 13.2 Å². The van der Waals surface area contributed by atoms with Crippen LogP contribution in [0.2, 0.25) is 0 Å². The van der Waals surface area contributed by atoms with E-state index in [4.69, 9.17) is 0 Å². The van der Waals surface area contributed by atoms with Gasteiger partial charge in [-0.25, -0.2) is 0 Å². The van der Waals surface area contributed by atoms with Gasteiger partial charge in [0.05, 0.1) is 8.95 Å². The lowest BCUT2D eigenvalue weighted by Gasteiger charge is -2.15. The fourth-order valence-corrected chi connectivity index (χ4v) is 3.20. The molecule has 15 heavy (non-hydrogen) atoms. The highest BCUT2D eigenvalue weighted by molar-refractivity contribution is 9.15. The average Bonchev–Trinajstić information content (AvgIpc) is 2.09. The molecule has 8 heteroatoms. The highest BCUT2D eigenvalue weighted by Crippen LogP contribution is 2.50. The van der Waals surface area contributed by atoms with Gasteiger partial charge in [-0.3, -0.25) is 0 Å². The second kappa shape index (κ2) is 4.54. The Kier molecular flexibility index (Phi) is 4.18. The second-order valence-corrected chi connectivity index (χ2v) is 5.65. The first-order valence-corrected chi connectivity index (χ1v) is 6.47. The van der Waals surface area contributed by atoms with Crippen LogP contribution in [0.5, 0.6) is 5.75 Å². The van der Waals surface area contributed by atoms with E-state index in [0.29, 0.717) is 4.47 Å². The van der Waals surface area contributed by atoms with Gasteiger partial charge in [-0.15, -0.1) is 0 Å². The van der Waals surface area contributed by atoms with Gasteiger partial charge in [0.25, 0.3) is 0 Å². The summed E-state index contributed by atoms with van der Waals surface area (Å²) in [5, 5.41) is 9.37. The molecule has 84 valence electrons. The highest BCUT2D eigenvalue weighted by atomic mass is 79.9. The predicted octanol–water partition coefficient (Wildman–Crippen LogP) is 5.46. The number of hydrogen-bond acceptors (Lipinski definition) is 1. The topological polar surface area (TPSA) is 20.2 Å². The van der Waals surface area contributed by atoms with Crippen molar-refractivity contribution in [2.24, 2.45) is 0 Å². The third-order valence-electron chi connectivity index (χ3n) is 1.53. The Balaban J connectivity index is 3.68. The van der Waals surface area contributed by atoms with Crippen LogP contribution in [0.4, 0.5) is 13.2 Å². The van der Waals surface area contributed by atoms with Crippen LogP contribution in [-0.4, -0.2) is 5.11 Å². The van der Waals surface area contributed by atoms with Gasteiger partial charge >= 0.3 is 6.18 Å². The summed E-state index contributed by atoms with van der Waals surface area (Å²) in [6.07, 6.45) is -4.63. The van der Waals surface area contributed by atoms with Gasteiger partial charge in [-0.05, 0) is 63.7 Å². The summed E-state index contributed by atoms with van der Waals surface area (Å²) in [6, 6.07) is 0. The Labute approximate surface area is 117 Å². The third-order valence-corrected chi connectivity index (χ3v) is 6.27. The maximum Gasteiger partial charge on any atom is 0.421 e. The Morgan fingerprint density at radius 3 is 1.60 bits per heavy atom. The molecular weight excluding hydrogens is 477 g/mol. The lowest BCUT2D eigenvalue weighted by Crippen LogP contribution is -2.07. The van der Waals surface area contributed by atoms with Crippen molar-refractivity contribution in [1.29, 1.82) is 0 Å². The molecule has 0 aliphatic carbocycles. The summed E-state index contributed by atoms with van der Waals surface area (Å²) in [6.45, 7) is 0. The van der Waals surface area contributed by atoms with E-state index in [9.17, 15) is 18.3 Å². The van der Waals surface area contributed by atoms with Crippen molar-refractivity contribution >= 4 is 63.7 Å². The number of rotatable bonds is 0. The van der Waals surface area contributed by atoms with E-state index in [0.717, 1.165) is 0 Å². The van der Waals surface area contributed by atoms with Crippen LogP contribution in [0, 0.1) is 0 Å². The SMILES string of the molecule is Oc1c(Br)c(Br)c(Br)c(Br)c1C(F)(F)F. The van der Waals surface area contributed by atoms with Crippen LogP contribution in [0.25, 0.3) is 0 Å². The number of aromatic hydroxyl groups is 1. The molecule has 0 saturated carbocycles. The number of phenols is 1. The molecule has 1 nitrogen and oxygen atoms in total. The fourth-order valence-electron chi connectivity index (χ4n) is 0.879. The minimum absolute atomic E-state index is 0.0510. The Hall–Kier alpha value is 0.730. The van der Waals surface area contributed by atoms with E-state index in [1.54, 1.807) is 0 Å².